The number of hydrogen-bond donors (Lipinski definition) is 5. The summed E-state index contributed by atoms with van der Waals surface area (Å²) < 4.78 is 0. The molecule has 246 valence electrons. The van der Waals surface area contributed by atoms with E-state index in [4.69, 9.17) is 0 Å². The third kappa shape index (κ3) is 6.55. The molecular formula is C35H62N4O4. The van der Waals surface area contributed by atoms with E-state index in [1.807, 2.05) is 0 Å². The first-order valence-electron chi connectivity index (χ1n) is 17.9. The Morgan fingerprint density at radius 3 is 1.44 bits per heavy atom. The van der Waals surface area contributed by atoms with Gasteiger partial charge in [0.05, 0.1) is 0 Å². The first-order valence-corrected chi connectivity index (χ1v) is 17.9. The van der Waals surface area contributed by atoms with Gasteiger partial charge in [0, 0.05) is 61.2 Å². The van der Waals surface area contributed by atoms with Gasteiger partial charge < -0.3 is 26.2 Å². The lowest BCUT2D eigenvalue weighted by molar-refractivity contribution is -0.138. The number of nitrogens with zero attached hydrogens (tertiary/aromatic N) is 1. The van der Waals surface area contributed by atoms with Crippen molar-refractivity contribution in [2.45, 2.75) is 154 Å². The molecule has 43 heavy (non-hydrogen) atoms. The highest BCUT2D eigenvalue weighted by atomic mass is 16.4. The molecular weight excluding hydrogens is 540 g/mol. The lowest BCUT2D eigenvalue weighted by Gasteiger charge is -2.33. The fourth-order valence-corrected chi connectivity index (χ4v) is 11.4. The van der Waals surface area contributed by atoms with Crippen molar-refractivity contribution < 1.29 is 19.8 Å². The summed E-state index contributed by atoms with van der Waals surface area (Å²) in [4.78, 5) is 26.1. The fourth-order valence-electron chi connectivity index (χ4n) is 11.4. The molecule has 8 bridgehead atoms. The number of fused-ring (bicyclic) bond motifs is 8. The van der Waals surface area contributed by atoms with Gasteiger partial charge in [0.25, 0.3) is 0 Å². The van der Waals surface area contributed by atoms with Gasteiger partial charge in [0.1, 0.15) is 0 Å². The molecule has 0 saturated carbocycles. The normalized spacial score (nSPS) is 48.5. The highest BCUT2D eigenvalue weighted by Gasteiger charge is 2.52. The van der Waals surface area contributed by atoms with Crippen molar-refractivity contribution in [3.63, 3.8) is 0 Å². The van der Waals surface area contributed by atoms with Crippen LogP contribution in [0.2, 0.25) is 0 Å². The van der Waals surface area contributed by atoms with Crippen LogP contribution in [0.4, 0.5) is 0 Å². The van der Waals surface area contributed by atoms with Crippen molar-refractivity contribution in [1.82, 2.24) is 20.9 Å². The Morgan fingerprint density at radius 2 is 0.977 bits per heavy atom. The van der Waals surface area contributed by atoms with Crippen molar-refractivity contribution in [2.24, 2.45) is 47.3 Å². The van der Waals surface area contributed by atoms with Gasteiger partial charge >= 0.3 is 11.9 Å². The molecule has 5 heterocycles. The molecule has 0 aromatic rings. The molecule has 0 aromatic carbocycles. The maximum absolute atomic E-state index is 11.7. The van der Waals surface area contributed by atoms with Gasteiger partial charge in [0.2, 0.25) is 0 Å². The van der Waals surface area contributed by atoms with Crippen LogP contribution >= 0.6 is 0 Å². The van der Waals surface area contributed by atoms with Gasteiger partial charge in [-0.25, -0.2) is 0 Å². The Bertz CT molecular complexity index is 979. The van der Waals surface area contributed by atoms with Crippen LogP contribution in [-0.2, 0) is 9.59 Å². The van der Waals surface area contributed by atoms with E-state index in [1.165, 1.54) is 19.3 Å². The summed E-state index contributed by atoms with van der Waals surface area (Å²) in [6.45, 7) is 14.4. The van der Waals surface area contributed by atoms with Gasteiger partial charge in [-0.3, -0.25) is 14.5 Å². The predicted octanol–water partition coefficient (Wildman–Crippen LogP) is 4.82. The van der Waals surface area contributed by atoms with E-state index in [2.05, 4.69) is 69.4 Å². The summed E-state index contributed by atoms with van der Waals surface area (Å²) in [5.41, 5.74) is 0. The second-order valence-corrected chi connectivity index (χ2v) is 15.7. The first-order chi connectivity index (χ1) is 20.4. The maximum atomic E-state index is 11.7. The summed E-state index contributed by atoms with van der Waals surface area (Å²) in [7, 11) is 2.39. The second-order valence-electron chi connectivity index (χ2n) is 15.7. The molecule has 0 aliphatic carbocycles. The average Bonchev–Trinajstić information content (AvgIpc) is 3.59. The molecule has 5 rings (SSSR count). The molecule has 0 amide bonds. The second kappa shape index (κ2) is 13.6. The summed E-state index contributed by atoms with van der Waals surface area (Å²) in [6.07, 6.45) is 8.60. The molecule has 8 heteroatoms. The van der Waals surface area contributed by atoms with E-state index in [0.717, 1.165) is 19.3 Å². The number of nitrogens with one attached hydrogen (secondary N) is 3. The molecule has 8 nitrogen and oxygen atoms in total. The van der Waals surface area contributed by atoms with Crippen molar-refractivity contribution in [1.29, 1.82) is 0 Å². The Hall–Kier alpha value is -1.22. The predicted molar refractivity (Wildman–Crippen MR) is 171 cm³/mol. The molecule has 0 aromatic heterocycles. The standard InChI is InChI=1S/C35H62N4O4/c1-8-22-18(3)28-17-33-23(9-2)21(6)32(39(33)7)16-27-20(5)25(11-13-35(42)43)31(38-27)15-30-24(10-12-34(40)41)19(4)26(36-30)14-29(22)37-28/h18-33,36-38H,8-17H2,1-7H3,(H,40,41)(H,42,43). The van der Waals surface area contributed by atoms with Gasteiger partial charge in [-0.1, -0.05) is 54.4 Å². The van der Waals surface area contributed by atoms with Crippen LogP contribution < -0.4 is 16.0 Å². The van der Waals surface area contributed by atoms with E-state index in [9.17, 15) is 19.8 Å². The largest absolute Gasteiger partial charge is 0.481 e. The number of carboxylic acid groups (broad SMARTS) is 2. The summed E-state index contributed by atoms with van der Waals surface area (Å²) >= 11 is 0. The highest BCUT2D eigenvalue weighted by molar-refractivity contribution is 5.67. The zero-order valence-electron chi connectivity index (χ0n) is 28.0. The van der Waals surface area contributed by atoms with E-state index in [0.29, 0.717) is 96.4 Å². The first kappa shape index (κ1) is 33.2. The topological polar surface area (TPSA) is 114 Å². The molecule has 0 spiro atoms. The number of hydrogen-bond acceptors (Lipinski definition) is 6. The SMILES string of the molecule is CCC1C2CC3NC(CC4NC(CC5C(C)C(CC)C(CC(N2)C1C)N5C)C(C)C4CCC(=O)O)C(CCC(=O)O)C3C. The van der Waals surface area contributed by atoms with Gasteiger partial charge in [0.15, 0.2) is 0 Å². The van der Waals surface area contributed by atoms with Crippen LogP contribution in [0.15, 0.2) is 0 Å². The zero-order valence-corrected chi connectivity index (χ0v) is 28.0. The molecule has 0 radical (unpaired) electrons. The Balaban J connectivity index is 1.49. The molecule has 5 N–H and O–H groups in total. The minimum absolute atomic E-state index is 0.212. The Labute approximate surface area is 260 Å². The molecule has 16 unspecified atom stereocenters. The summed E-state index contributed by atoms with van der Waals surface area (Å²) in [6, 6.07) is 3.34. The van der Waals surface area contributed by atoms with Crippen LogP contribution in [0.5, 0.6) is 0 Å². The Morgan fingerprint density at radius 1 is 0.581 bits per heavy atom. The lowest BCUT2D eigenvalue weighted by Crippen LogP contribution is -2.46. The van der Waals surface area contributed by atoms with E-state index < -0.39 is 11.9 Å². The van der Waals surface area contributed by atoms with Gasteiger partial charge in [-0.05, 0) is 92.9 Å². The van der Waals surface area contributed by atoms with Crippen molar-refractivity contribution in [3.05, 3.63) is 0 Å². The van der Waals surface area contributed by atoms with Crippen LogP contribution in [0.25, 0.3) is 0 Å². The third-order valence-electron chi connectivity index (χ3n) is 13.9. The minimum atomic E-state index is -0.710. The molecule has 5 saturated heterocycles. The molecule has 5 aliphatic heterocycles. The molecule has 16 atom stereocenters. The number of rotatable bonds is 8. The molecule has 5 fully saturated rings. The van der Waals surface area contributed by atoms with Crippen molar-refractivity contribution >= 4 is 11.9 Å². The van der Waals surface area contributed by atoms with Crippen molar-refractivity contribution in [2.75, 3.05) is 7.05 Å². The van der Waals surface area contributed by atoms with E-state index >= 15 is 0 Å². The van der Waals surface area contributed by atoms with Crippen LogP contribution in [0.1, 0.15) is 106 Å². The van der Waals surface area contributed by atoms with E-state index in [-0.39, 0.29) is 24.9 Å². The minimum Gasteiger partial charge on any atom is -0.481 e. The van der Waals surface area contributed by atoms with Gasteiger partial charge in [-0.15, -0.1) is 0 Å². The molecule has 5 aliphatic rings. The van der Waals surface area contributed by atoms with Gasteiger partial charge in [-0.2, -0.15) is 0 Å². The monoisotopic (exact) mass is 602 g/mol. The summed E-state index contributed by atoms with van der Waals surface area (Å²) in [5.74, 6) is 2.67. The van der Waals surface area contributed by atoms with E-state index in [1.54, 1.807) is 0 Å². The number of aliphatic carboxylic acids is 2. The number of carboxylic acids is 2. The van der Waals surface area contributed by atoms with Crippen molar-refractivity contribution in [3.8, 4) is 0 Å². The smallest absolute Gasteiger partial charge is 0.303 e. The zero-order chi connectivity index (χ0) is 31.2. The Kier molecular flexibility index (Phi) is 10.5. The van der Waals surface area contributed by atoms with Crippen LogP contribution in [0, 0.1) is 47.3 Å². The maximum Gasteiger partial charge on any atom is 0.303 e. The quantitative estimate of drug-likeness (QED) is 0.269. The number of carbonyl (C=O) groups is 2. The van der Waals surface area contributed by atoms with Crippen LogP contribution in [0.3, 0.4) is 0 Å². The van der Waals surface area contributed by atoms with Crippen LogP contribution in [-0.4, -0.2) is 82.4 Å². The lowest BCUT2D eigenvalue weighted by atomic mass is 9.76. The average molecular weight is 603 g/mol. The summed E-state index contributed by atoms with van der Waals surface area (Å²) in [5, 5.41) is 31.6. The third-order valence-corrected chi connectivity index (χ3v) is 13.9. The highest BCUT2D eigenvalue weighted by Crippen LogP contribution is 2.47. The fraction of sp³-hybridized carbons (Fsp3) is 0.943.